The number of phenols is 2. The first-order valence-electron chi connectivity index (χ1n) is 9.52. The van der Waals surface area contributed by atoms with E-state index in [-0.39, 0.29) is 29.8 Å². The number of H-pyrrole nitrogens is 1. The van der Waals surface area contributed by atoms with Gasteiger partial charge in [-0.2, -0.15) is 0 Å². The zero-order valence-corrected chi connectivity index (χ0v) is 16.0. The van der Waals surface area contributed by atoms with Gasteiger partial charge in [0.1, 0.15) is 0 Å². The van der Waals surface area contributed by atoms with Crippen LogP contribution in [-0.2, 0) is 26.2 Å². The summed E-state index contributed by atoms with van der Waals surface area (Å²) in [5.74, 6) is -0.879. The zero-order valence-electron chi connectivity index (χ0n) is 16.0. The maximum atomic E-state index is 12.9. The lowest BCUT2D eigenvalue weighted by Crippen LogP contribution is -2.27. The molecule has 1 aliphatic rings. The number of carbonyl (C=O) groups excluding carboxylic acids is 2. The number of nitrogens with one attached hydrogen (secondary N) is 2. The van der Waals surface area contributed by atoms with Crippen molar-refractivity contribution in [1.82, 2.24) is 4.98 Å². The standard InChI is InChI=1S/C22H22N2O5/c1-2-29-20(27)12-16-10-13-9-15(4-5-17(13)23-16)24-21(28)22(7-8-22)14-3-6-18(25)19(26)11-14/h3-6,9-11,23,25-26H,2,7-8,12H2,1H3,(H,24,28). The molecule has 7 nitrogen and oxygen atoms in total. The number of hydrogen-bond acceptors (Lipinski definition) is 5. The van der Waals surface area contributed by atoms with Gasteiger partial charge in [0, 0.05) is 22.3 Å². The summed E-state index contributed by atoms with van der Waals surface area (Å²) in [6, 6.07) is 11.9. The number of amides is 1. The van der Waals surface area contributed by atoms with Crippen molar-refractivity contribution in [2.24, 2.45) is 0 Å². The number of benzene rings is 2. The molecular formula is C22H22N2O5. The molecule has 7 heteroatoms. The average molecular weight is 394 g/mol. The minimum Gasteiger partial charge on any atom is -0.504 e. The normalized spacial score (nSPS) is 14.5. The van der Waals surface area contributed by atoms with Gasteiger partial charge in [0.25, 0.3) is 0 Å². The number of aromatic hydroxyl groups is 2. The van der Waals surface area contributed by atoms with Crippen molar-refractivity contribution in [1.29, 1.82) is 0 Å². The first-order chi connectivity index (χ1) is 13.9. The lowest BCUT2D eigenvalue weighted by molar-refractivity contribution is -0.142. The molecule has 29 heavy (non-hydrogen) atoms. The molecule has 4 rings (SSSR count). The summed E-state index contributed by atoms with van der Waals surface area (Å²) in [4.78, 5) is 27.8. The molecule has 150 valence electrons. The number of ether oxygens (including phenoxy) is 1. The Morgan fingerprint density at radius 3 is 2.59 bits per heavy atom. The van der Waals surface area contributed by atoms with Crippen molar-refractivity contribution in [3.05, 3.63) is 53.7 Å². The fourth-order valence-corrected chi connectivity index (χ4v) is 3.58. The maximum absolute atomic E-state index is 12.9. The number of carbonyl (C=O) groups is 2. The first kappa shape index (κ1) is 18.9. The highest BCUT2D eigenvalue weighted by Crippen LogP contribution is 2.50. The number of anilines is 1. The number of esters is 1. The van der Waals surface area contributed by atoms with Gasteiger partial charge in [-0.05, 0) is 61.7 Å². The summed E-state index contributed by atoms with van der Waals surface area (Å²) in [6.45, 7) is 2.11. The summed E-state index contributed by atoms with van der Waals surface area (Å²) in [6.07, 6.45) is 1.52. The van der Waals surface area contributed by atoms with Crippen molar-refractivity contribution in [2.75, 3.05) is 11.9 Å². The Kier molecular flexibility index (Phi) is 4.66. The predicted molar refractivity (Wildman–Crippen MR) is 108 cm³/mol. The fraction of sp³-hybridized carbons (Fsp3) is 0.273. The highest BCUT2D eigenvalue weighted by Gasteiger charge is 2.51. The third-order valence-corrected chi connectivity index (χ3v) is 5.29. The number of aromatic nitrogens is 1. The predicted octanol–water partition coefficient (Wildman–Crippen LogP) is 3.36. The molecule has 0 radical (unpaired) electrons. The lowest BCUT2D eigenvalue weighted by Gasteiger charge is -2.16. The monoisotopic (exact) mass is 394 g/mol. The quantitative estimate of drug-likeness (QED) is 0.378. The van der Waals surface area contributed by atoms with E-state index < -0.39 is 5.41 Å². The molecule has 1 heterocycles. The van der Waals surface area contributed by atoms with Crippen LogP contribution in [0.25, 0.3) is 10.9 Å². The molecule has 0 bridgehead atoms. The van der Waals surface area contributed by atoms with Crippen molar-refractivity contribution >= 4 is 28.5 Å². The second kappa shape index (κ2) is 7.16. The Bertz CT molecular complexity index is 1100. The van der Waals surface area contributed by atoms with E-state index in [0.29, 0.717) is 30.7 Å². The van der Waals surface area contributed by atoms with Gasteiger partial charge < -0.3 is 25.3 Å². The van der Waals surface area contributed by atoms with Gasteiger partial charge in [0.15, 0.2) is 11.5 Å². The molecule has 1 aromatic heterocycles. The molecule has 4 N–H and O–H groups in total. The van der Waals surface area contributed by atoms with Gasteiger partial charge in [-0.15, -0.1) is 0 Å². The Labute approximate surface area is 167 Å². The number of fused-ring (bicyclic) bond motifs is 1. The van der Waals surface area contributed by atoms with Crippen molar-refractivity contribution in [3.8, 4) is 11.5 Å². The van der Waals surface area contributed by atoms with Gasteiger partial charge in [-0.3, -0.25) is 9.59 Å². The van der Waals surface area contributed by atoms with Crippen LogP contribution in [0.2, 0.25) is 0 Å². The molecule has 2 aromatic carbocycles. The van der Waals surface area contributed by atoms with Gasteiger partial charge in [0.05, 0.1) is 18.4 Å². The average Bonchev–Trinajstić information content (AvgIpc) is 3.40. The first-order valence-corrected chi connectivity index (χ1v) is 9.52. The van der Waals surface area contributed by atoms with Crippen LogP contribution in [0.3, 0.4) is 0 Å². The largest absolute Gasteiger partial charge is 0.504 e. The molecule has 0 atom stereocenters. The zero-order chi connectivity index (χ0) is 20.6. The Morgan fingerprint density at radius 1 is 1.10 bits per heavy atom. The molecule has 0 unspecified atom stereocenters. The molecule has 0 aliphatic heterocycles. The second-order valence-electron chi connectivity index (χ2n) is 7.32. The molecule has 1 saturated carbocycles. The third-order valence-electron chi connectivity index (χ3n) is 5.29. The highest BCUT2D eigenvalue weighted by atomic mass is 16.5. The summed E-state index contributed by atoms with van der Waals surface area (Å²) >= 11 is 0. The van der Waals surface area contributed by atoms with Crippen LogP contribution in [0.15, 0.2) is 42.5 Å². The van der Waals surface area contributed by atoms with Crippen LogP contribution in [0.4, 0.5) is 5.69 Å². The van der Waals surface area contributed by atoms with Gasteiger partial charge in [0.2, 0.25) is 5.91 Å². The van der Waals surface area contributed by atoms with Crippen molar-refractivity contribution < 1.29 is 24.5 Å². The van der Waals surface area contributed by atoms with E-state index in [9.17, 15) is 19.8 Å². The van der Waals surface area contributed by atoms with E-state index >= 15 is 0 Å². The minimum absolute atomic E-state index is 0.149. The smallest absolute Gasteiger partial charge is 0.311 e. The fourth-order valence-electron chi connectivity index (χ4n) is 3.58. The summed E-state index contributed by atoms with van der Waals surface area (Å²) in [7, 11) is 0. The van der Waals surface area contributed by atoms with Gasteiger partial charge in [-0.1, -0.05) is 6.07 Å². The number of phenolic OH excluding ortho intramolecular Hbond substituents is 2. The summed E-state index contributed by atoms with van der Waals surface area (Å²) in [5.41, 5.74) is 2.27. The molecular weight excluding hydrogens is 372 g/mol. The van der Waals surface area contributed by atoms with Gasteiger partial charge in [-0.25, -0.2) is 0 Å². The van der Waals surface area contributed by atoms with Crippen LogP contribution in [-0.4, -0.2) is 33.7 Å². The Morgan fingerprint density at radius 2 is 1.90 bits per heavy atom. The van der Waals surface area contributed by atoms with Crippen LogP contribution in [0.1, 0.15) is 31.0 Å². The topological polar surface area (TPSA) is 112 Å². The SMILES string of the molecule is CCOC(=O)Cc1cc2cc(NC(=O)C3(c4ccc(O)c(O)c4)CC3)ccc2[nH]1. The highest BCUT2D eigenvalue weighted by molar-refractivity contribution is 6.02. The summed E-state index contributed by atoms with van der Waals surface area (Å²) < 4.78 is 4.97. The van der Waals surface area contributed by atoms with E-state index in [1.165, 1.54) is 12.1 Å². The maximum Gasteiger partial charge on any atom is 0.311 e. The van der Waals surface area contributed by atoms with Crippen LogP contribution < -0.4 is 5.32 Å². The number of hydrogen-bond donors (Lipinski definition) is 4. The van der Waals surface area contributed by atoms with E-state index in [4.69, 9.17) is 4.74 Å². The van der Waals surface area contributed by atoms with E-state index in [0.717, 1.165) is 16.6 Å². The van der Waals surface area contributed by atoms with Crippen LogP contribution >= 0.6 is 0 Å². The van der Waals surface area contributed by atoms with E-state index in [2.05, 4.69) is 10.3 Å². The molecule has 1 aliphatic carbocycles. The molecule has 1 amide bonds. The van der Waals surface area contributed by atoms with E-state index in [1.54, 1.807) is 19.1 Å². The Hall–Kier alpha value is -3.48. The molecule has 0 saturated heterocycles. The lowest BCUT2D eigenvalue weighted by atomic mass is 9.94. The van der Waals surface area contributed by atoms with Crippen molar-refractivity contribution in [3.63, 3.8) is 0 Å². The van der Waals surface area contributed by atoms with Crippen molar-refractivity contribution in [2.45, 2.75) is 31.6 Å². The van der Waals surface area contributed by atoms with E-state index in [1.807, 2.05) is 18.2 Å². The Balaban J connectivity index is 1.52. The number of aromatic amines is 1. The van der Waals surface area contributed by atoms with Crippen LogP contribution in [0.5, 0.6) is 11.5 Å². The second-order valence-corrected chi connectivity index (χ2v) is 7.32. The van der Waals surface area contributed by atoms with Gasteiger partial charge >= 0.3 is 5.97 Å². The molecule has 1 fully saturated rings. The third kappa shape index (κ3) is 3.63. The van der Waals surface area contributed by atoms with Crippen LogP contribution in [0, 0.1) is 0 Å². The molecule has 0 spiro atoms. The minimum atomic E-state index is -0.687. The summed E-state index contributed by atoms with van der Waals surface area (Å²) in [5, 5.41) is 23.1. The molecule has 3 aromatic rings. The number of rotatable bonds is 6.